The number of hydrogen-bond acceptors (Lipinski definition) is 7. The van der Waals surface area contributed by atoms with Crippen LogP contribution in [0, 0.1) is 6.92 Å². The van der Waals surface area contributed by atoms with E-state index in [9.17, 15) is 19.2 Å². The number of aliphatic carboxylic acids is 1. The van der Waals surface area contributed by atoms with Crippen LogP contribution in [0.4, 0.5) is 10.5 Å². The Morgan fingerprint density at radius 2 is 1.82 bits per heavy atom. The Labute approximate surface area is 196 Å². The summed E-state index contributed by atoms with van der Waals surface area (Å²) in [5, 5.41) is 20.0. The highest BCUT2D eigenvalue weighted by Gasteiger charge is 2.29. The average molecular weight is 476 g/mol. The van der Waals surface area contributed by atoms with Crippen LogP contribution in [0.15, 0.2) is 18.5 Å². The highest BCUT2D eigenvalue weighted by atomic mass is 16.6. The zero-order valence-electron chi connectivity index (χ0n) is 19.4. The smallest absolute Gasteiger partial charge is 0.409 e. The fourth-order valence-corrected chi connectivity index (χ4v) is 3.51. The molecule has 3 heterocycles. The van der Waals surface area contributed by atoms with Gasteiger partial charge in [0.2, 0.25) is 5.91 Å². The quantitative estimate of drug-likeness (QED) is 0.573. The molecule has 0 bridgehead atoms. The number of aryl methyl sites for hydroxylation is 2. The van der Waals surface area contributed by atoms with Gasteiger partial charge in [0.1, 0.15) is 6.04 Å². The second kappa shape index (κ2) is 10.8. The minimum atomic E-state index is -0.950. The van der Waals surface area contributed by atoms with Crippen LogP contribution >= 0.6 is 0 Å². The zero-order chi connectivity index (χ0) is 24.8. The average Bonchev–Trinajstić information content (AvgIpc) is 3.44. The molecule has 3 amide bonds. The van der Waals surface area contributed by atoms with Gasteiger partial charge in [-0.15, -0.1) is 0 Å². The Morgan fingerprint density at radius 1 is 1.15 bits per heavy atom. The van der Waals surface area contributed by atoms with Crippen molar-refractivity contribution in [1.82, 2.24) is 29.4 Å². The molecule has 0 aromatic carbocycles. The van der Waals surface area contributed by atoms with Crippen LogP contribution in [0.3, 0.4) is 0 Å². The molecule has 184 valence electrons. The third-order valence-electron chi connectivity index (χ3n) is 5.46. The number of rotatable bonds is 8. The van der Waals surface area contributed by atoms with Gasteiger partial charge in [0, 0.05) is 38.6 Å². The predicted molar refractivity (Wildman–Crippen MR) is 119 cm³/mol. The number of aromatic nitrogens is 4. The molecule has 0 spiro atoms. The first-order valence-electron chi connectivity index (χ1n) is 11.0. The number of nitrogens with zero attached hydrogens (tertiary/aromatic N) is 6. The van der Waals surface area contributed by atoms with E-state index in [0.717, 1.165) is 0 Å². The SMILES string of the molecule is CCOC(=O)N1CCN(C(=O)C(C)n2cc(NC(=O)c3ccn(CCC(=O)O)n3)c(C)n2)CC1. The molecule has 1 saturated heterocycles. The molecule has 0 saturated carbocycles. The molecule has 1 fully saturated rings. The molecule has 0 aliphatic carbocycles. The van der Waals surface area contributed by atoms with Gasteiger partial charge in [0.15, 0.2) is 5.69 Å². The monoisotopic (exact) mass is 475 g/mol. The van der Waals surface area contributed by atoms with Crippen LogP contribution < -0.4 is 5.32 Å². The summed E-state index contributed by atoms with van der Waals surface area (Å²) >= 11 is 0. The van der Waals surface area contributed by atoms with Crippen molar-refractivity contribution in [2.24, 2.45) is 0 Å². The molecule has 1 aliphatic rings. The summed E-state index contributed by atoms with van der Waals surface area (Å²) in [6.45, 7) is 7.25. The number of carbonyl (C=O) groups is 4. The molecule has 1 unspecified atom stereocenters. The number of carbonyl (C=O) groups excluding carboxylic acids is 3. The molecule has 2 aromatic rings. The van der Waals surface area contributed by atoms with E-state index in [1.165, 1.54) is 21.6 Å². The first-order chi connectivity index (χ1) is 16.2. The molecule has 0 radical (unpaired) electrons. The first kappa shape index (κ1) is 24.7. The lowest BCUT2D eigenvalue weighted by atomic mass is 10.2. The fraction of sp³-hybridized carbons (Fsp3) is 0.524. The number of amides is 3. The van der Waals surface area contributed by atoms with E-state index in [1.807, 2.05) is 0 Å². The number of carboxylic acids is 1. The minimum Gasteiger partial charge on any atom is -0.481 e. The second-order valence-electron chi connectivity index (χ2n) is 7.86. The van der Waals surface area contributed by atoms with Crippen LogP contribution in [0.5, 0.6) is 0 Å². The summed E-state index contributed by atoms with van der Waals surface area (Å²) < 4.78 is 7.89. The Morgan fingerprint density at radius 3 is 2.47 bits per heavy atom. The lowest BCUT2D eigenvalue weighted by Gasteiger charge is -2.35. The molecule has 13 nitrogen and oxygen atoms in total. The lowest BCUT2D eigenvalue weighted by Crippen LogP contribution is -2.52. The molecular formula is C21H29N7O6. The molecule has 34 heavy (non-hydrogen) atoms. The van der Waals surface area contributed by atoms with Crippen molar-refractivity contribution in [3.05, 3.63) is 29.8 Å². The normalized spacial score (nSPS) is 14.6. The van der Waals surface area contributed by atoms with E-state index in [4.69, 9.17) is 9.84 Å². The highest BCUT2D eigenvalue weighted by Crippen LogP contribution is 2.19. The van der Waals surface area contributed by atoms with Crippen molar-refractivity contribution in [2.75, 3.05) is 38.1 Å². The lowest BCUT2D eigenvalue weighted by molar-refractivity contribution is -0.137. The van der Waals surface area contributed by atoms with Crippen LogP contribution in [-0.2, 0) is 20.9 Å². The van der Waals surface area contributed by atoms with Gasteiger partial charge in [-0.05, 0) is 26.8 Å². The largest absolute Gasteiger partial charge is 0.481 e. The van der Waals surface area contributed by atoms with Crippen molar-refractivity contribution in [3.63, 3.8) is 0 Å². The maximum Gasteiger partial charge on any atom is 0.409 e. The Hall–Kier alpha value is -3.90. The number of carboxylic acid groups (broad SMARTS) is 1. The third kappa shape index (κ3) is 5.91. The summed E-state index contributed by atoms with van der Waals surface area (Å²) in [6.07, 6.45) is 2.65. The Kier molecular flexibility index (Phi) is 7.87. The van der Waals surface area contributed by atoms with E-state index >= 15 is 0 Å². The summed E-state index contributed by atoms with van der Waals surface area (Å²) in [7, 11) is 0. The van der Waals surface area contributed by atoms with Crippen molar-refractivity contribution in [1.29, 1.82) is 0 Å². The van der Waals surface area contributed by atoms with E-state index < -0.39 is 17.9 Å². The van der Waals surface area contributed by atoms with Gasteiger partial charge in [-0.1, -0.05) is 0 Å². The van der Waals surface area contributed by atoms with Gasteiger partial charge in [0.25, 0.3) is 5.91 Å². The predicted octanol–water partition coefficient (Wildman–Crippen LogP) is 0.977. The van der Waals surface area contributed by atoms with Crippen LogP contribution in [0.2, 0.25) is 0 Å². The van der Waals surface area contributed by atoms with Crippen LogP contribution in [0.25, 0.3) is 0 Å². The van der Waals surface area contributed by atoms with E-state index in [1.54, 1.807) is 36.8 Å². The highest BCUT2D eigenvalue weighted by molar-refractivity contribution is 6.03. The number of ether oxygens (including phenoxy) is 1. The number of nitrogens with one attached hydrogen (secondary N) is 1. The first-order valence-corrected chi connectivity index (χ1v) is 11.0. The molecule has 1 aliphatic heterocycles. The van der Waals surface area contributed by atoms with E-state index in [-0.39, 0.29) is 30.7 Å². The topological polar surface area (TPSA) is 152 Å². The molecule has 3 rings (SSSR count). The van der Waals surface area contributed by atoms with E-state index in [2.05, 4.69) is 15.5 Å². The molecule has 2 aromatic heterocycles. The van der Waals surface area contributed by atoms with Crippen LogP contribution in [-0.4, -0.2) is 91.1 Å². The zero-order valence-corrected chi connectivity index (χ0v) is 19.4. The summed E-state index contributed by atoms with van der Waals surface area (Å²) in [5.41, 5.74) is 1.11. The maximum absolute atomic E-state index is 13.0. The molecule has 1 atom stereocenters. The fourth-order valence-electron chi connectivity index (χ4n) is 3.51. The van der Waals surface area contributed by atoms with E-state index in [0.29, 0.717) is 44.2 Å². The summed E-state index contributed by atoms with van der Waals surface area (Å²) in [6, 6.07) is 0.896. The molecule has 2 N–H and O–H groups in total. The Bertz CT molecular complexity index is 1050. The molecular weight excluding hydrogens is 446 g/mol. The number of anilines is 1. The van der Waals surface area contributed by atoms with Gasteiger partial charge < -0.3 is 25.0 Å². The van der Waals surface area contributed by atoms with Crippen molar-refractivity contribution in [2.45, 2.75) is 39.8 Å². The second-order valence-corrected chi connectivity index (χ2v) is 7.86. The van der Waals surface area contributed by atoms with Crippen molar-refractivity contribution in [3.8, 4) is 0 Å². The minimum absolute atomic E-state index is 0.0988. The summed E-state index contributed by atoms with van der Waals surface area (Å²) in [4.78, 5) is 51.3. The van der Waals surface area contributed by atoms with Crippen molar-refractivity contribution >= 4 is 29.6 Å². The van der Waals surface area contributed by atoms with Crippen LogP contribution in [0.1, 0.15) is 42.5 Å². The van der Waals surface area contributed by atoms with Crippen molar-refractivity contribution < 1.29 is 29.0 Å². The van der Waals surface area contributed by atoms with Gasteiger partial charge in [-0.25, -0.2) is 4.79 Å². The maximum atomic E-state index is 13.0. The van der Waals surface area contributed by atoms with Gasteiger partial charge >= 0.3 is 12.1 Å². The third-order valence-corrected chi connectivity index (χ3v) is 5.46. The Balaban J connectivity index is 1.58. The number of piperazine rings is 1. The van der Waals surface area contributed by atoms with Gasteiger partial charge in [-0.3, -0.25) is 23.7 Å². The van der Waals surface area contributed by atoms with Gasteiger partial charge in [0.05, 0.1) is 31.0 Å². The number of hydrogen-bond donors (Lipinski definition) is 2. The van der Waals surface area contributed by atoms with Gasteiger partial charge in [-0.2, -0.15) is 10.2 Å². The molecule has 13 heteroatoms. The summed E-state index contributed by atoms with van der Waals surface area (Å²) in [5.74, 6) is -1.55. The standard InChI is InChI=1S/C21H29N7O6/c1-4-34-21(33)26-11-9-25(10-12-26)20(32)15(3)28-13-17(14(2)23-28)22-19(31)16-5-7-27(24-16)8-6-18(29)30/h5,7,13,15H,4,6,8-12H2,1-3H3,(H,22,31)(H,29,30).